The second kappa shape index (κ2) is 12.2. The first-order chi connectivity index (χ1) is 26.7. The predicted molar refractivity (Wildman–Crippen MR) is 227 cm³/mol. The number of aromatic nitrogens is 1. The molecule has 0 saturated carbocycles. The Morgan fingerprint density at radius 1 is 0.333 bits per heavy atom. The summed E-state index contributed by atoms with van der Waals surface area (Å²) in [5, 5.41) is 12.2. The molecule has 11 rings (SSSR count). The minimum absolute atomic E-state index is 0.635. The van der Waals surface area contributed by atoms with Crippen LogP contribution in [0.4, 0.5) is 17.1 Å². The van der Waals surface area contributed by atoms with E-state index in [0.29, 0.717) is 5.89 Å². The maximum atomic E-state index is 6.04. The quantitative estimate of drug-likeness (QED) is 0.133. The van der Waals surface area contributed by atoms with Crippen molar-refractivity contribution in [1.29, 1.82) is 0 Å². The zero-order valence-corrected chi connectivity index (χ0v) is 29.3. The Kier molecular flexibility index (Phi) is 6.86. The number of rotatable bonds is 5. The number of para-hydroxylation sites is 2. The third-order valence-corrected chi connectivity index (χ3v) is 10.8. The van der Waals surface area contributed by atoms with Crippen LogP contribution in [0.1, 0.15) is 0 Å². The molecule has 0 atom stereocenters. The number of benzene rings is 10. The van der Waals surface area contributed by atoms with Gasteiger partial charge in [0.25, 0.3) is 0 Å². The number of oxazole rings is 1. The topological polar surface area (TPSA) is 29.3 Å². The summed E-state index contributed by atoms with van der Waals surface area (Å²) in [6.07, 6.45) is 0. The standard InChI is InChI=1S/C51H32N2O/c1-2-10-40-29-44(24-21-33(40)7-1)53(45-26-23-41-27-38-8-3-4-9-39(38)28-43(41)30-45)46-25-22-36-16-15-35-17-20-42(31-47(35)48(36)32-46)34-13-18-37(19-14-34)51-52-49-11-5-6-12-50(49)54-51/h1-32H. The van der Waals surface area contributed by atoms with Gasteiger partial charge in [0.1, 0.15) is 5.52 Å². The maximum absolute atomic E-state index is 6.04. The smallest absolute Gasteiger partial charge is 0.227 e. The van der Waals surface area contributed by atoms with E-state index in [9.17, 15) is 0 Å². The van der Waals surface area contributed by atoms with Gasteiger partial charge in [-0.15, -0.1) is 0 Å². The highest BCUT2D eigenvalue weighted by atomic mass is 16.3. The van der Waals surface area contributed by atoms with E-state index in [-0.39, 0.29) is 0 Å². The highest BCUT2D eigenvalue weighted by Gasteiger charge is 2.16. The largest absolute Gasteiger partial charge is 0.436 e. The van der Waals surface area contributed by atoms with Gasteiger partial charge in [-0.2, -0.15) is 0 Å². The van der Waals surface area contributed by atoms with Gasteiger partial charge in [-0.05, 0) is 144 Å². The first-order valence-corrected chi connectivity index (χ1v) is 18.3. The normalized spacial score (nSPS) is 11.7. The first-order valence-electron chi connectivity index (χ1n) is 18.3. The summed E-state index contributed by atoms with van der Waals surface area (Å²) in [5.41, 5.74) is 8.28. The van der Waals surface area contributed by atoms with Crippen molar-refractivity contribution in [2.75, 3.05) is 4.90 Å². The summed E-state index contributed by atoms with van der Waals surface area (Å²) in [7, 11) is 0. The summed E-state index contributed by atoms with van der Waals surface area (Å²) in [6, 6.07) is 69.9. The maximum Gasteiger partial charge on any atom is 0.227 e. The van der Waals surface area contributed by atoms with E-state index in [2.05, 4.69) is 175 Å². The van der Waals surface area contributed by atoms with Crippen molar-refractivity contribution in [2.45, 2.75) is 0 Å². The molecule has 0 spiro atoms. The number of anilines is 3. The van der Waals surface area contributed by atoms with Gasteiger partial charge in [0.05, 0.1) is 0 Å². The van der Waals surface area contributed by atoms with Crippen LogP contribution >= 0.6 is 0 Å². The lowest BCUT2D eigenvalue weighted by Gasteiger charge is -2.27. The van der Waals surface area contributed by atoms with Gasteiger partial charge in [0.2, 0.25) is 5.89 Å². The average Bonchev–Trinajstić information content (AvgIpc) is 3.67. The van der Waals surface area contributed by atoms with Crippen LogP contribution in [0, 0.1) is 0 Å². The molecule has 11 aromatic rings. The molecule has 0 amide bonds. The number of hydrogen-bond acceptors (Lipinski definition) is 3. The van der Waals surface area contributed by atoms with Crippen LogP contribution in [0.3, 0.4) is 0 Å². The van der Waals surface area contributed by atoms with Gasteiger partial charge in [-0.1, -0.05) is 115 Å². The average molecular weight is 689 g/mol. The molecule has 0 aliphatic heterocycles. The predicted octanol–water partition coefficient (Wildman–Crippen LogP) is 14.4. The van der Waals surface area contributed by atoms with Crippen molar-refractivity contribution in [3.05, 3.63) is 194 Å². The lowest BCUT2D eigenvalue weighted by atomic mass is 9.96. The Hall–Kier alpha value is -7.23. The van der Waals surface area contributed by atoms with E-state index in [1.807, 2.05) is 24.3 Å². The molecule has 0 unspecified atom stereocenters. The molecular weight excluding hydrogens is 657 g/mol. The van der Waals surface area contributed by atoms with Gasteiger partial charge < -0.3 is 9.32 Å². The summed E-state index contributed by atoms with van der Waals surface area (Å²) in [6.45, 7) is 0. The van der Waals surface area contributed by atoms with Crippen LogP contribution in [0.15, 0.2) is 199 Å². The summed E-state index contributed by atoms with van der Waals surface area (Å²) in [4.78, 5) is 7.09. The fourth-order valence-corrected chi connectivity index (χ4v) is 7.99. The van der Waals surface area contributed by atoms with E-state index < -0.39 is 0 Å². The van der Waals surface area contributed by atoms with Gasteiger partial charge in [0.15, 0.2) is 5.58 Å². The van der Waals surface area contributed by atoms with Crippen molar-refractivity contribution in [2.24, 2.45) is 0 Å². The first kappa shape index (κ1) is 30.4. The lowest BCUT2D eigenvalue weighted by Crippen LogP contribution is -2.10. The second-order valence-electron chi connectivity index (χ2n) is 14.1. The Balaban J connectivity index is 1.05. The van der Waals surface area contributed by atoms with Crippen molar-refractivity contribution in [3.8, 4) is 22.6 Å². The second-order valence-corrected chi connectivity index (χ2v) is 14.1. The van der Waals surface area contributed by atoms with Gasteiger partial charge in [-0.25, -0.2) is 4.98 Å². The van der Waals surface area contributed by atoms with Crippen molar-refractivity contribution in [3.63, 3.8) is 0 Å². The zero-order chi connectivity index (χ0) is 35.6. The third-order valence-electron chi connectivity index (χ3n) is 10.8. The Labute approximate surface area is 312 Å². The molecule has 0 N–H and O–H groups in total. The molecule has 3 nitrogen and oxygen atoms in total. The van der Waals surface area contributed by atoms with E-state index in [1.54, 1.807) is 0 Å². The Bertz CT molecular complexity index is 3200. The zero-order valence-electron chi connectivity index (χ0n) is 29.3. The fourth-order valence-electron chi connectivity index (χ4n) is 7.99. The van der Waals surface area contributed by atoms with Crippen LogP contribution in [0.25, 0.3) is 87.5 Å². The van der Waals surface area contributed by atoms with E-state index in [1.165, 1.54) is 53.9 Å². The molecule has 0 fully saturated rings. The van der Waals surface area contributed by atoms with Crippen molar-refractivity contribution >= 4 is 82.0 Å². The number of hydrogen-bond donors (Lipinski definition) is 0. The van der Waals surface area contributed by atoms with E-state index in [4.69, 9.17) is 9.40 Å². The van der Waals surface area contributed by atoms with Crippen LogP contribution in [-0.2, 0) is 0 Å². The van der Waals surface area contributed by atoms with Crippen LogP contribution < -0.4 is 4.90 Å². The molecule has 0 aliphatic carbocycles. The van der Waals surface area contributed by atoms with Gasteiger partial charge >= 0.3 is 0 Å². The molecule has 3 heteroatoms. The fraction of sp³-hybridized carbons (Fsp3) is 0. The third kappa shape index (κ3) is 5.17. The molecule has 1 aromatic heterocycles. The van der Waals surface area contributed by atoms with Crippen LogP contribution in [0.2, 0.25) is 0 Å². The molecule has 54 heavy (non-hydrogen) atoms. The molecule has 0 radical (unpaired) electrons. The minimum atomic E-state index is 0.635. The number of nitrogens with zero attached hydrogens (tertiary/aromatic N) is 2. The minimum Gasteiger partial charge on any atom is -0.436 e. The molecule has 0 aliphatic rings. The van der Waals surface area contributed by atoms with Gasteiger partial charge in [-0.3, -0.25) is 0 Å². The molecular formula is C51H32N2O. The summed E-state index contributed by atoms with van der Waals surface area (Å²) < 4.78 is 6.04. The van der Waals surface area contributed by atoms with Crippen LogP contribution in [0.5, 0.6) is 0 Å². The highest BCUT2D eigenvalue weighted by Crippen LogP contribution is 2.41. The monoisotopic (exact) mass is 688 g/mol. The highest BCUT2D eigenvalue weighted by molar-refractivity contribution is 6.10. The molecule has 1 heterocycles. The van der Waals surface area contributed by atoms with Crippen molar-refractivity contribution in [1.82, 2.24) is 4.98 Å². The Morgan fingerprint density at radius 3 is 1.56 bits per heavy atom. The molecule has 252 valence electrons. The van der Waals surface area contributed by atoms with E-state index in [0.717, 1.165) is 44.9 Å². The molecule has 0 saturated heterocycles. The van der Waals surface area contributed by atoms with Gasteiger partial charge in [0, 0.05) is 22.6 Å². The lowest BCUT2D eigenvalue weighted by molar-refractivity contribution is 0.620. The van der Waals surface area contributed by atoms with Crippen LogP contribution in [-0.4, -0.2) is 4.98 Å². The Morgan fingerprint density at radius 2 is 0.815 bits per heavy atom. The summed E-state index contributed by atoms with van der Waals surface area (Å²) >= 11 is 0. The van der Waals surface area contributed by atoms with Crippen molar-refractivity contribution < 1.29 is 4.42 Å². The summed E-state index contributed by atoms with van der Waals surface area (Å²) in [5.74, 6) is 0.635. The SMILES string of the molecule is c1ccc2cc(N(c3ccc4cc5ccccc5cc4c3)c3ccc4ccc5ccc(-c6ccc(-c7nc8ccccc8o7)cc6)cc5c4c3)ccc2c1. The van der Waals surface area contributed by atoms with E-state index >= 15 is 0 Å². The molecule has 10 aromatic carbocycles. The number of fused-ring (bicyclic) bond motifs is 7. The molecule has 0 bridgehead atoms.